The van der Waals surface area contributed by atoms with Crippen LogP contribution in [0.25, 0.3) is 0 Å². The molecule has 0 aromatic heterocycles. The average molecular weight is 266 g/mol. The van der Waals surface area contributed by atoms with E-state index < -0.39 is 0 Å². The van der Waals surface area contributed by atoms with Crippen molar-refractivity contribution in [1.82, 2.24) is 0 Å². The van der Waals surface area contributed by atoms with Gasteiger partial charge in [-0.25, -0.2) is 0 Å². The molecule has 2 bridgehead atoms. The van der Waals surface area contributed by atoms with Gasteiger partial charge in [-0.3, -0.25) is 0 Å². The van der Waals surface area contributed by atoms with Crippen molar-refractivity contribution in [3.63, 3.8) is 0 Å². The summed E-state index contributed by atoms with van der Waals surface area (Å²) in [5, 5.41) is 0. The minimum Gasteiger partial charge on any atom is -0.0851 e. The topological polar surface area (TPSA) is 0 Å². The Bertz CT molecular complexity index is 553. The van der Waals surface area contributed by atoms with E-state index >= 15 is 0 Å². The van der Waals surface area contributed by atoms with E-state index in [1.165, 1.54) is 38.5 Å². The SMILES string of the molecule is CCC(C)c1cccc2c1CCC1(C2)CC2C=CC1C2. The minimum atomic E-state index is 0.625. The van der Waals surface area contributed by atoms with Crippen LogP contribution in [0.1, 0.15) is 62.1 Å². The van der Waals surface area contributed by atoms with Gasteiger partial charge in [0.1, 0.15) is 0 Å². The number of hydrogen-bond acceptors (Lipinski definition) is 0. The van der Waals surface area contributed by atoms with E-state index in [-0.39, 0.29) is 0 Å². The summed E-state index contributed by atoms with van der Waals surface area (Å²) in [4.78, 5) is 0. The van der Waals surface area contributed by atoms with Crippen molar-refractivity contribution in [1.29, 1.82) is 0 Å². The highest BCUT2D eigenvalue weighted by Gasteiger charge is 2.49. The summed E-state index contributed by atoms with van der Waals surface area (Å²) in [6, 6.07) is 7.10. The minimum absolute atomic E-state index is 0.625. The molecule has 0 nitrogen and oxygen atoms in total. The maximum Gasteiger partial charge on any atom is -0.0168 e. The average Bonchev–Trinajstić information content (AvgIpc) is 3.06. The molecule has 0 heterocycles. The quantitative estimate of drug-likeness (QED) is 0.640. The summed E-state index contributed by atoms with van der Waals surface area (Å²) in [5.74, 6) is 2.51. The third-order valence-electron chi connectivity index (χ3n) is 6.50. The Hall–Kier alpha value is -1.04. The maximum absolute atomic E-state index is 2.54. The van der Waals surface area contributed by atoms with E-state index in [2.05, 4.69) is 44.2 Å². The summed E-state index contributed by atoms with van der Waals surface area (Å²) >= 11 is 0. The van der Waals surface area contributed by atoms with Crippen molar-refractivity contribution >= 4 is 0 Å². The molecule has 4 atom stereocenters. The van der Waals surface area contributed by atoms with Crippen LogP contribution in [0.2, 0.25) is 0 Å². The third-order valence-corrected chi connectivity index (χ3v) is 6.50. The van der Waals surface area contributed by atoms with Crippen molar-refractivity contribution in [3.05, 3.63) is 47.0 Å². The molecule has 0 aliphatic heterocycles. The highest BCUT2D eigenvalue weighted by atomic mass is 14.5. The summed E-state index contributed by atoms with van der Waals surface area (Å²) in [7, 11) is 0. The smallest absolute Gasteiger partial charge is 0.0168 e. The molecule has 1 spiro atoms. The van der Waals surface area contributed by atoms with E-state index in [4.69, 9.17) is 0 Å². The molecule has 4 rings (SSSR count). The van der Waals surface area contributed by atoms with E-state index in [1.807, 2.05) is 0 Å². The predicted octanol–water partition coefficient (Wildman–Crippen LogP) is 5.27. The summed E-state index contributed by atoms with van der Waals surface area (Å²) in [5.41, 5.74) is 5.65. The highest BCUT2D eigenvalue weighted by Crippen LogP contribution is 2.58. The molecule has 3 aliphatic carbocycles. The Balaban J connectivity index is 1.69. The zero-order chi connectivity index (χ0) is 13.7. The Kier molecular flexibility index (Phi) is 2.84. The number of benzene rings is 1. The third kappa shape index (κ3) is 1.73. The lowest BCUT2D eigenvalue weighted by Crippen LogP contribution is -2.33. The van der Waals surface area contributed by atoms with E-state index in [1.54, 1.807) is 16.7 Å². The van der Waals surface area contributed by atoms with Gasteiger partial charge in [-0.1, -0.05) is 44.2 Å². The van der Waals surface area contributed by atoms with Crippen molar-refractivity contribution < 1.29 is 0 Å². The van der Waals surface area contributed by atoms with Gasteiger partial charge in [0.15, 0.2) is 0 Å². The van der Waals surface area contributed by atoms with Crippen LogP contribution < -0.4 is 0 Å². The fourth-order valence-electron chi connectivity index (χ4n) is 5.19. The highest BCUT2D eigenvalue weighted by molar-refractivity contribution is 5.41. The molecule has 0 saturated heterocycles. The van der Waals surface area contributed by atoms with Crippen LogP contribution in [0.5, 0.6) is 0 Å². The molecule has 3 aliphatic rings. The Labute approximate surface area is 123 Å². The van der Waals surface area contributed by atoms with Gasteiger partial charge in [0.05, 0.1) is 0 Å². The Morgan fingerprint density at radius 3 is 2.90 bits per heavy atom. The standard InChI is InChI=1S/C20H26/c1-3-14(2)18-6-4-5-16-13-20(10-9-19(16)18)12-15-7-8-17(20)11-15/h4-8,14-15,17H,3,9-13H2,1-2H3. The predicted molar refractivity (Wildman–Crippen MR) is 85.0 cm³/mol. The van der Waals surface area contributed by atoms with Crippen molar-refractivity contribution in [2.75, 3.05) is 0 Å². The number of hydrogen-bond donors (Lipinski definition) is 0. The van der Waals surface area contributed by atoms with Crippen LogP contribution >= 0.6 is 0 Å². The lowest BCUT2D eigenvalue weighted by atomic mass is 9.63. The second kappa shape index (κ2) is 4.48. The van der Waals surface area contributed by atoms with E-state index in [9.17, 15) is 0 Å². The van der Waals surface area contributed by atoms with Gasteiger partial charge >= 0.3 is 0 Å². The molecule has 0 radical (unpaired) electrons. The first-order chi connectivity index (χ1) is 9.72. The first-order valence-corrected chi connectivity index (χ1v) is 8.51. The fraction of sp³-hybridized carbons (Fsp3) is 0.600. The molecule has 0 N–H and O–H groups in total. The zero-order valence-corrected chi connectivity index (χ0v) is 12.9. The summed E-state index contributed by atoms with van der Waals surface area (Å²) in [6.45, 7) is 4.70. The van der Waals surface area contributed by atoms with Gasteiger partial charge in [0.25, 0.3) is 0 Å². The van der Waals surface area contributed by atoms with Crippen LogP contribution in [-0.4, -0.2) is 0 Å². The monoisotopic (exact) mass is 266 g/mol. The second-order valence-electron chi connectivity index (χ2n) is 7.52. The van der Waals surface area contributed by atoms with Crippen LogP contribution in [-0.2, 0) is 12.8 Å². The molecule has 1 aromatic carbocycles. The van der Waals surface area contributed by atoms with Gasteiger partial charge < -0.3 is 0 Å². The Morgan fingerprint density at radius 1 is 1.30 bits per heavy atom. The van der Waals surface area contributed by atoms with Crippen molar-refractivity contribution in [2.24, 2.45) is 17.3 Å². The Morgan fingerprint density at radius 2 is 2.20 bits per heavy atom. The van der Waals surface area contributed by atoms with Gasteiger partial charge in [-0.2, -0.15) is 0 Å². The lowest BCUT2D eigenvalue weighted by Gasteiger charge is -2.41. The van der Waals surface area contributed by atoms with Gasteiger partial charge in [-0.15, -0.1) is 0 Å². The van der Waals surface area contributed by atoms with Crippen molar-refractivity contribution in [3.8, 4) is 0 Å². The number of fused-ring (bicyclic) bond motifs is 4. The van der Waals surface area contributed by atoms with Gasteiger partial charge in [-0.05, 0) is 78.4 Å². The van der Waals surface area contributed by atoms with Gasteiger partial charge in [0, 0.05) is 0 Å². The summed E-state index contributed by atoms with van der Waals surface area (Å²) in [6.07, 6.45) is 13.3. The maximum atomic E-state index is 2.54. The number of allylic oxidation sites excluding steroid dienone is 2. The second-order valence-corrected chi connectivity index (χ2v) is 7.52. The van der Waals surface area contributed by atoms with Crippen LogP contribution in [0.3, 0.4) is 0 Å². The molecule has 1 aromatic rings. The lowest BCUT2D eigenvalue weighted by molar-refractivity contribution is 0.194. The molecule has 1 saturated carbocycles. The molecule has 106 valence electrons. The molecule has 0 heteroatoms. The van der Waals surface area contributed by atoms with Crippen LogP contribution in [0.15, 0.2) is 30.4 Å². The molecule has 1 fully saturated rings. The van der Waals surface area contributed by atoms with Crippen LogP contribution in [0.4, 0.5) is 0 Å². The first kappa shape index (κ1) is 12.7. The van der Waals surface area contributed by atoms with E-state index in [0.29, 0.717) is 5.41 Å². The molecular formula is C20H26. The normalized spacial score (nSPS) is 35.5. The summed E-state index contributed by atoms with van der Waals surface area (Å²) < 4.78 is 0. The fourth-order valence-corrected chi connectivity index (χ4v) is 5.19. The molecule has 0 amide bonds. The molecular weight excluding hydrogens is 240 g/mol. The molecule has 20 heavy (non-hydrogen) atoms. The van der Waals surface area contributed by atoms with Crippen LogP contribution in [0, 0.1) is 17.3 Å². The van der Waals surface area contributed by atoms with Crippen molar-refractivity contribution in [2.45, 2.75) is 58.3 Å². The molecule has 4 unspecified atom stereocenters. The largest absolute Gasteiger partial charge is 0.0851 e. The first-order valence-electron chi connectivity index (χ1n) is 8.51. The zero-order valence-electron chi connectivity index (χ0n) is 12.9. The van der Waals surface area contributed by atoms with Gasteiger partial charge in [0.2, 0.25) is 0 Å². The number of rotatable bonds is 2. The van der Waals surface area contributed by atoms with E-state index in [0.717, 1.165) is 17.8 Å².